The van der Waals surface area contributed by atoms with E-state index in [1.807, 2.05) is 0 Å². The van der Waals surface area contributed by atoms with E-state index in [1.54, 1.807) is 0 Å². The molecule has 0 aliphatic heterocycles. The number of hydrogen-bond acceptors (Lipinski definition) is 6. The summed E-state index contributed by atoms with van der Waals surface area (Å²) in [5, 5.41) is 19.7. The Bertz CT molecular complexity index is 389. The lowest BCUT2D eigenvalue weighted by Gasteiger charge is -2.36. The summed E-state index contributed by atoms with van der Waals surface area (Å²) in [5.41, 5.74) is 7.28. The van der Waals surface area contributed by atoms with Crippen molar-refractivity contribution in [3.8, 4) is 0 Å². The molecule has 0 radical (unpaired) electrons. The van der Waals surface area contributed by atoms with Gasteiger partial charge in [-0.05, 0) is 20.3 Å². The Morgan fingerprint density at radius 1 is 0.724 bits per heavy atom. The molecule has 0 bridgehead atoms. The topological polar surface area (TPSA) is 119 Å². The smallest absolute Gasteiger partial charge is 0.306 e. The molecule has 6 N–H and O–H groups in total. The minimum absolute atomic E-state index is 0.237. The zero-order chi connectivity index (χ0) is 22.2. The molecule has 2 unspecified atom stereocenters. The van der Waals surface area contributed by atoms with E-state index in [1.165, 1.54) is 90.9 Å². The highest BCUT2D eigenvalue weighted by molar-refractivity contribution is 5.69. The molecule has 0 saturated heterocycles. The van der Waals surface area contributed by atoms with Crippen molar-refractivity contribution >= 4 is 5.97 Å². The molecule has 0 fully saturated rings. The monoisotopic (exact) mass is 416 g/mol. The fraction of sp³-hybridized carbons (Fsp3) is 0.957. The maximum Gasteiger partial charge on any atom is 0.306 e. The Morgan fingerprint density at radius 2 is 1.03 bits per heavy atom. The van der Waals surface area contributed by atoms with Crippen LogP contribution in [0.4, 0.5) is 0 Å². The van der Waals surface area contributed by atoms with Crippen molar-refractivity contribution in [3.05, 3.63) is 0 Å². The Kier molecular flexibility index (Phi) is 15.7. The van der Waals surface area contributed by atoms with Gasteiger partial charge in [0.1, 0.15) is 0 Å². The number of aliphatic hydroxyl groups is 2. The molecule has 0 spiro atoms. The fourth-order valence-corrected chi connectivity index (χ4v) is 3.66. The van der Waals surface area contributed by atoms with E-state index in [0.717, 1.165) is 19.3 Å². The molecule has 0 rings (SSSR count). The van der Waals surface area contributed by atoms with Gasteiger partial charge in [-0.2, -0.15) is 0 Å². The van der Waals surface area contributed by atoms with Gasteiger partial charge in [0, 0.05) is 6.42 Å². The molecule has 0 saturated carbocycles. The van der Waals surface area contributed by atoms with Crippen LogP contribution in [0.3, 0.4) is 0 Å². The van der Waals surface area contributed by atoms with E-state index in [0.29, 0.717) is 0 Å². The van der Waals surface area contributed by atoms with E-state index >= 15 is 0 Å². The predicted molar refractivity (Wildman–Crippen MR) is 119 cm³/mol. The highest BCUT2D eigenvalue weighted by atomic mass is 16.6. The van der Waals surface area contributed by atoms with E-state index in [-0.39, 0.29) is 6.42 Å². The van der Waals surface area contributed by atoms with Crippen LogP contribution in [-0.4, -0.2) is 33.7 Å². The largest absolute Gasteiger partial charge is 0.453 e. The molecule has 0 aromatic heterocycles. The van der Waals surface area contributed by atoms with Gasteiger partial charge in [0.15, 0.2) is 17.6 Å². The van der Waals surface area contributed by atoms with Crippen LogP contribution in [0.25, 0.3) is 0 Å². The molecule has 0 aliphatic rings. The van der Waals surface area contributed by atoms with E-state index in [4.69, 9.17) is 16.2 Å². The summed E-state index contributed by atoms with van der Waals surface area (Å²) in [6.07, 6.45) is 17.8. The molecule has 0 aromatic rings. The minimum Gasteiger partial charge on any atom is -0.453 e. The van der Waals surface area contributed by atoms with Crippen LogP contribution in [-0.2, 0) is 9.53 Å². The van der Waals surface area contributed by atoms with Crippen LogP contribution in [0.2, 0.25) is 0 Å². The summed E-state index contributed by atoms with van der Waals surface area (Å²) >= 11 is 0. The zero-order valence-electron chi connectivity index (χ0n) is 19.3. The van der Waals surface area contributed by atoms with Crippen molar-refractivity contribution in [2.45, 2.75) is 141 Å². The third-order valence-electron chi connectivity index (χ3n) is 5.30. The number of hydrogen-bond donors (Lipinski definition) is 4. The lowest BCUT2D eigenvalue weighted by Crippen LogP contribution is -2.64. The molecule has 6 nitrogen and oxygen atoms in total. The molecule has 0 amide bonds. The molecule has 6 heteroatoms. The first-order valence-corrected chi connectivity index (χ1v) is 11.8. The number of ether oxygens (including phenoxy) is 1. The molecule has 2 atom stereocenters. The van der Waals surface area contributed by atoms with E-state index in [2.05, 4.69) is 6.92 Å². The summed E-state index contributed by atoms with van der Waals surface area (Å²) in [6.45, 7) is 4.76. The van der Waals surface area contributed by atoms with E-state index < -0.39 is 23.5 Å². The van der Waals surface area contributed by atoms with Gasteiger partial charge in [-0.1, -0.05) is 96.8 Å². The van der Waals surface area contributed by atoms with Gasteiger partial charge in [-0.25, -0.2) is 0 Å². The fourth-order valence-electron chi connectivity index (χ4n) is 3.66. The summed E-state index contributed by atoms with van der Waals surface area (Å²) in [5.74, 6) is -0.499. The predicted octanol–water partition coefficient (Wildman–Crippen LogP) is 4.49. The van der Waals surface area contributed by atoms with Crippen LogP contribution in [0, 0.1) is 0 Å². The average molecular weight is 417 g/mol. The van der Waals surface area contributed by atoms with Crippen LogP contribution in [0.1, 0.15) is 124 Å². The average Bonchev–Trinajstić information content (AvgIpc) is 2.61. The second-order valence-corrected chi connectivity index (χ2v) is 9.02. The third-order valence-corrected chi connectivity index (χ3v) is 5.30. The van der Waals surface area contributed by atoms with Crippen LogP contribution >= 0.6 is 0 Å². The maximum absolute atomic E-state index is 11.9. The number of esters is 1. The van der Waals surface area contributed by atoms with Crippen molar-refractivity contribution in [1.82, 2.24) is 0 Å². The van der Waals surface area contributed by atoms with Crippen molar-refractivity contribution in [2.75, 3.05) is 0 Å². The van der Waals surface area contributed by atoms with Gasteiger partial charge in [-0.15, -0.1) is 0 Å². The van der Waals surface area contributed by atoms with Crippen molar-refractivity contribution in [1.29, 1.82) is 0 Å². The lowest BCUT2D eigenvalue weighted by atomic mass is 10.00. The first kappa shape index (κ1) is 28.3. The quantitative estimate of drug-likeness (QED) is 0.140. The standard InChI is InChI=1S/C23H48N2O4/c1-4-5-6-7-8-9-10-11-12-13-14-15-16-17-18-19-20(26)29-21(22(2,24)27)23(3,25)28/h21,27-28H,4-19,24-25H2,1-3H3. The highest BCUT2D eigenvalue weighted by Crippen LogP contribution is 2.19. The van der Waals surface area contributed by atoms with Crippen LogP contribution < -0.4 is 11.5 Å². The summed E-state index contributed by atoms with van der Waals surface area (Å²) < 4.78 is 5.11. The number of carbonyl (C=O) groups excluding carboxylic acids is 1. The maximum atomic E-state index is 11.9. The summed E-state index contributed by atoms with van der Waals surface area (Å²) in [6, 6.07) is 0. The molecular weight excluding hydrogens is 368 g/mol. The second-order valence-electron chi connectivity index (χ2n) is 9.02. The zero-order valence-corrected chi connectivity index (χ0v) is 19.3. The Hall–Kier alpha value is -0.690. The van der Waals surface area contributed by atoms with E-state index in [9.17, 15) is 15.0 Å². The molecule has 0 aliphatic carbocycles. The molecular formula is C23H48N2O4. The van der Waals surface area contributed by atoms with Crippen LogP contribution in [0.15, 0.2) is 0 Å². The van der Waals surface area contributed by atoms with Crippen molar-refractivity contribution in [2.24, 2.45) is 11.5 Å². The molecule has 0 heterocycles. The van der Waals surface area contributed by atoms with Gasteiger partial charge in [0.05, 0.1) is 0 Å². The normalized spacial score (nSPS) is 16.8. The first-order valence-electron chi connectivity index (χ1n) is 11.8. The number of rotatable bonds is 19. The van der Waals surface area contributed by atoms with Crippen molar-refractivity contribution in [3.63, 3.8) is 0 Å². The SMILES string of the molecule is CCCCCCCCCCCCCCCCCC(=O)OC(C(C)(N)O)C(C)(N)O. The van der Waals surface area contributed by atoms with Gasteiger partial charge in [0.2, 0.25) is 0 Å². The van der Waals surface area contributed by atoms with Crippen molar-refractivity contribution < 1.29 is 19.7 Å². The van der Waals surface area contributed by atoms with Gasteiger partial charge in [0.25, 0.3) is 0 Å². The van der Waals surface area contributed by atoms with Crippen LogP contribution in [0.5, 0.6) is 0 Å². The van der Waals surface area contributed by atoms with Gasteiger partial charge >= 0.3 is 5.97 Å². The third kappa shape index (κ3) is 16.8. The lowest BCUT2D eigenvalue weighted by molar-refractivity contribution is -0.195. The number of unbranched alkanes of at least 4 members (excludes halogenated alkanes) is 14. The highest BCUT2D eigenvalue weighted by Gasteiger charge is 2.43. The molecule has 174 valence electrons. The number of carbonyl (C=O) groups is 1. The summed E-state index contributed by atoms with van der Waals surface area (Å²) in [4.78, 5) is 11.9. The molecule has 29 heavy (non-hydrogen) atoms. The second kappa shape index (κ2) is 16.1. The van der Waals surface area contributed by atoms with Gasteiger partial charge in [-0.3, -0.25) is 4.79 Å². The Morgan fingerprint density at radius 3 is 1.34 bits per heavy atom. The molecule has 0 aromatic carbocycles. The van der Waals surface area contributed by atoms with Gasteiger partial charge < -0.3 is 26.4 Å². The summed E-state index contributed by atoms with van der Waals surface area (Å²) in [7, 11) is 0. The minimum atomic E-state index is -1.90. The Labute approximate surface area is 178 Å². The number of nitrogens with two attached hydrogens (primary N) is 2. The first-order chi connectivity index (χ1) is 13.6. The Balaban J connectivity index is 3.55.